The summed E-state index contributed by atoms with van der Waals surface area (Å²) in [6.45, 7) is 3.48. The van der Waals surface area contributed by atoms with Gasteiger partial charge in [-0.05, 0) is 10.4 Å². The minimum atomic E-state index is 0.720. The first-order chi connectivity index (χ1) is 3.84. The molecule has 0 unspecified atom stereocenters. The van der Waals surface area contributed by atoms with Crippen LogP contribution in [0.1, 0.15) is 0 Å². The second-order valence-corrected chi connectivity index (χ2v) is 2.04. The van der Waals surface area contributed by atoms with Crippen molar-refractivity contribution >= 4 is 28.8 Å². The van der Waals surface area contributed by atoms with Gasteiger partial charge in [0.25, 0.3) is 0 Å². The molecule has 0 bridgehead atoms. The van der Waals surface area contributed by atoms with E-state index >= 15 is 0 Å². The van der Waals surface area contributed by atoms with Gasteiger partial charge in [0.1, 0.15) is 0 Å². The first-order valence-corrected chi connectivity index (χ1v) is 2.98. The maximum absolute atomic E-state index is 3.60. The highest BCUT2D eigenvalue weighted by atomic mass is 127. The van der Waals surface area contributed by atoms with Crippen molar-refractivity contribution in [3.63, 3.8) is 0 Å². The van der Waals surface area contributed by atoms with Crippen LogP contribution >= 0.6 is 22.6 Å². The zero-order valence-corrected chi connectivity index (χ0v) is 6.11. The van der Waals surface area contributed by atoms with E-state index in [-0.39, 0.29) is 0 Å². The van der Waals surface area contributed by atoms with Crippen molar-refractivity contribution in [1.29, 1.82) is 0 Å². The molecule has 1 aromatic heterocycles. The smallest absolute Gasteiger partial charge is 0.196 e. The van der Waals surface area contributed by atoms with Gasteiger partial charge in [-0.3, -0.25) is 0 Å². The average molecular weight is 222 g/mol. The zero-order chi connectivity index (χ0) is 5.98. The van der Waals surface area contributed by atoms with Gasteiger partial charge < -0.3 is 0 Å². The lowest BCUT2D eigenvalue weighted by Gasteiger charge is -1.82. The summed E-state index contributed by atoms with van der Waals surface area (Å²) in [5.41, 5.74) is 0. The van der Waals surface area contributed by atoms with E-state index in [0.29, 0.717) is 0 Å². The van der Waals surface area contributed by atoms with Gasteiger partial charge >= 0.3 is 0 Å². The normalized spacial score (nSPS) is 9.12. The molecule has 0 aliphatic heterocycles. The van der Waals surface area contributed by atoms with Crippen LogP contribution < -0.4 is 0 Å². The molecule has 0 saturated carbocycles. The van der Waals surface area contributed by atoms with Gasteiger partial charge in [-0.15, -0.1) is 5.10 Å². The highest BCUT2D eigenvalue weighted by Crippen LogP contribution is 1.94. The summed E-state index contributed by atoms with van der Waals surface area (Å²) in [6, 6.07) is 0. The highest BCUT2D eigenvalue weighted by molar-refractivity contribution is 14.1. The lowest BCUT2D eigenvalue weighted by molar-refractivity contribution is 0.815. The number of aromatic nitrogens is 4. The fraction of sp³-hybridized carbons (Fsp3) is 0. The van der Waals surface area contributed by atoms with Crippen molar-refractivity contribution in [2.45, 2.75) is 0 Å². The molecule has 0 saturated heterocycles. The van der Waals surface area contributed by atoms with Crippen molar-refractivity contribution < 1.29 is 0 Å². The molecule has 0 aliphatic carbocycles. The van der Waals surface area contributed by atoms with Gasteiger partial charge in [0.15, 0.2) is 0 Å². The topological polar surface area (TPSA) is 43.6 Å². The number of hydrogen-bond acceptors (Lipinski definition) is 3. The van der Waals surface area contributed by atoms with Gasteiger partial charge in [-0.1, -0.05) is 6.58 Å². The Bertz CT molecular complexity index is 193. The molecule has 1 heterocycles. The first-order valence-electron chi connectivity index (χ1n) is 1.90. The molecule has 0 aromatic carbocycles. The Morgan fingerprint density at radius 3 is 2.75 bits per heavy atom. The Morgan fingerprint density at radius 2 is 2.50 bits per heavy atom. The lowest BCUT2D eigenvalue weighted by atomic mass is 11.0. The van der Waals surface area contributed by atoms with Crippen molar-refractivity contribution in [3.05, 3.63) is 10.4 Å². The summed E-state index contributed by atoms with van der Waals surface area (Å²) in [5.74, 6) is 0. The first kappa shape index (κ1) is 5.67. The van der Waals surface area contributed by atoms with Crippen LogP contribution in [0.5, 0.6) is 0 Å². The third-order valence-corrected chi connectivity index (χ3v) is 1.34. The van der Waals surface area contributed by atoms with Crippen molar-refractivity contribution in [2.75, 3.05) is 0 Å². The van der Waals surface area contributed by atoms with Crippen LogP contribution in [0.4, 0.5) is 0 Å². The second-order valence-electron chi connectivity index (χ2n) is 1.08. The van der Waals surface area contributed by atoms with E-state index in [4.69, 9.17) is 0 Å². The molecule has 1 aromatic rings. The summed E-state index contributed by atoms with van der Waals surface area (Å²) in [4.78, 5) is 0. The monoisotopic (exact) mass is 222 g/mol. The number of hydrogen-bond donors (Lipinski definition) is 0. The van der Waals surface area contributed by atoms with Crippen LogP contribution in [0.15, 0.2) is 6.58 Å². The highest BCUT2D eigenvalue weighted by Gasteiger charge is 1.92. The van der Waals surface area contributed by atoms with E-state index in [1.165, 1.54) is 4.68 Å². The Morgan fingerprint density at radius 1 is 1.75 bits per heavy atom. The summed E-state index contributed by atoms with van der Waals surface area (Å²) < 4.78 is 2.21. The van der Waals surface area contributed by atoms with E-state index in [1.807, 2.05) is 22.6 Å². The molecule has 0 amide bonds. The summed E-state index contributed by atoms with van der Waals surface area (Å²) >= 11 is 2.01. The number of nitrogens with zero attached hydrogens (tertiary/aromatic N) is 4. The average Bonchev–Trinajstić information content (AvgIpc) is 2.14. The molecule has 0 fully saturated rings. The van der Waals surface area contributed by atoms with Crippen LogP contribution in [-0.2, 0) is 0 Å². The molecular weight excluding hydrogens is 219 g/mol. The molecule has 1 rings (SSSR count). The standard InChI is InChI=1S/C3H3IN4/c1-2-8-3(4)5-6-7-8/h2H,1H2. The van der Waals surface area contributed by atoms with E-state index in [2.05, 4.69) is 22.1 Å². The summed E-state index contributed by atoms with van der Waals surface area (Å²) in [6.07, 6.45) is 1.54. The second kappa shape index (κ2) is 2.21. The predicted molar refractivity (Wildman–Crippen MR) is 36.9 cm³/mol. The molecule has 0 aliphatic rings. The molecule has 0 radical (unpaired) electrons. The maximum atomic E-state index is 3.60. The molecule has 42 valence electrons. The van der Waals surface area contributed by atoms with Crippen LogP contribution in [0, 0.1) is 3.83 Å². The predicted octanol–water partition coefficient (Wildman–Crippen LogP) is 0.378. The minimum absolute atomic E-state index is 0.720. The number of rotatable bonds is 1. The fourth-order valence-electron chi connectivity index (χ4n) is 0.295. The van der Waals surface area contributed by atoms with Gasteiger partial charge in [0.05, 0.1) is 0 Å². The fourth-order valence-corrected chi connectivity index (χ4v) is 0.684. The van der Waals surface area contributed by atoms with E-state index < -0.39 is 0 Å². The summed E-state index contributed by atoms with van der Waals surface area (Å²) in [5, 5.41) is 10.5. The molecule has 4 nitrogen and oxygen atoms in total. The molecule has 0 spiro atoms. The maximum Gasteiger partial charge on any atom is 0.216 e. The van der Waals surface area contributed by atoms with Crippen LogP contribution in [0.2, 0.25) is 0 Å². The molecule has 0 N–H and O–H groups in total. The number of tetrazole rings is 1. The van der Waals surface area contributed by atoms with Crippen molar-refractivity contribution in [2.24, 2.45) is 0 Å². The third kappa shape index (κ3) is 0.857. The lowest BCUT2D eigenvalue weighted by Crippen LogP contribution is -1.89. The minimum Gasteiger partial charge on any atom is -0.196 e. The van der Waals surface area contributed by atoms with E-state index in [9.17, 15) is 0 Å². The van der Waals surface area contributed by atoms with Gasteiger partial charge in [-0.25, -0.2) is 0 Å². The van der Waals surface area contributed by atoms with Crippen LogP contribution in [0.25, 0.3) is 6.20 Å². The third-order valence-electron chi connectivity index (χ3n) is 0.626. The molecule has 8 heavy (non-hydrogen) atoms. The largest absolute Gasteiger partial charge is 0.216 e. The van der Waals surface area contributed by atoms with Crippen LogP contribution in [0.3, 0.4) is 0 Å². The Kier molecular flexibility index (Phi) is 1.56. The Labute approximate surface area is 59.7 Å². The quantitative estimate of drug-likeness (QED) is 0.645. The Hall–Kier alpha value is -0.460. The van der Waals surface area contributed by atoms with E-state index in [1.54, 1.807) is 6.20 Å². The van der Waals surface area contributed by atoms with Crippen molar-refractivity contribution in [3.8, 4) is 0 Å². The van der Waals surface area contributed by atoms with Crippen LogP contribution in [-0.4, -0.2) is 20.2 Å². The van der Waals surface area contributed by atoms with Gasteiger partial charge in [0, 0.05) is 28.8 Å². The van der Waals surface area contributed by atoms with Gasteiger partial charge in [-0.2, -0.15) is 4.68 Å². The molecular formula is C3H3IN4. The zero-order valence-electron chi connectivity index (χ0n) is 3.95. The molecule has 0 atom stereocenters. The van der Waals surface area contributed by atoms with E-state index in [0.717, 1.165) is 3.83 Å². The van der Waals surface area contributed by atoms with Gasteiger partial charge in [0.2, 0.25) is 3.83 Å². The number of halogens is 1. The van der Waals surface area contributed by atoms with Crippen molar-refractivity contribution in [1.82, 2.24) is 20.2 Å². The Balaban J connectivity index is 3.09. The SMILES string of the molecule is C=Cn1nnnc1I. The summed E-state index contributed by atoms with van der Waals surface area (Å²) in [7, 11) is 0. The molecule has 5 heteroatoms.